The van der Waals surface area contributed by atoms with Gasteiger partial charge in [-0.2, -0.15) is 0 Å². The van der Waals surface area contributed by atoms with Crippen molar-refractivity contribution < 1.29 is 13.6 Å². The minimum absolute atomic E-state index is 0.166. The van der Waals surface area contributed by atoms with Gasteiger partial charge in [0.1, 0.15) is 0 Å². The first-order valence-corrected chi connectivity index (χ1v) is 6.47. The molecule has 0 radical (unpaired) electrons. The van der Waals surface area contributed by atoms with Crippen molar-refractivity contribution in [1.29, 1.82) is 0 Å². The van der Waals surface area contributed by atoms with E-state index in [2.05, 4.69) is 20.6 Å². The van der Waals surface area contributed by atoms with E-state index in [-0.39, 0.29) is 11.3 Å². The van der Waals surface area contributed by atoms with Crippen LogP contribution in [0, 0.1) is 11.6 Å². The van der Waals surface area contributed by atoms with Crippen molar-refractivity contribution in [2.45, 2.75) is 18.9 Å². The van der Waals surface area contributed by atoms with E-state index in [1.54, 1.807) is 0 Å². The van der Waals surface area contributed by atoms with Gasteiger partial charge < -0.3 is 10.6 Å². The molecule has 2 aromatic rings. The lowest BCUT2D eigenvalue weighted by molar-refractivity contribution is 0.102. The van der Waals surface area contributed by atoms with Gasteiger partial charge in [0.05, 0.1) is 5.56 Å². The summed E-state index contributed by atoms with van der Waals surface area (Å²) >= 11 is 0. The number of carbonyl (C=O) groups excluding carboxylic acids is 1. The molecule has 1 aromatic heterocycles. The number of carbonyl (C=O) groups is 1. The van der Waals surface area contributed by atoms with Crippen LogP contribution in [0.2, 0.25) is 0 Å². The second-order valence-electron chi connectivity index (χ2n) is 4.80. The molecule has 3 rings (SSSR count). The summed E-state index contributed by atoms with van der Waals surface area (Å²) < 4.78 is 25.9. The fourth-order valence-corrected chi connectivity index (χ4v) is 1.71. The predicted molar refractivity (Wildman–Crippen MR) is 73.0 cm³/mol. The van der Waals surface area contributed by atoms with E-state index in [9.17, 15) is 13.6 Å². The molecule has 1 amide bonds. The lowest BCUT2D eigenvalue weighted by atomic mass is 10.2. The average molecular weight is 290 g/mol. The topological polar surface area (TPSA) is 66.9 Å². The van der Waals surface area contributed by atoms with Gasteiger partial charge in [-0.15, -0.1) is 0 Å². The molecule has 1 aliphatic carbocycles. The number of hydrogen-bond donors (Lipinski definition) is 2. The number of nitrogens with one attached hydrogen (secondary N) is 2. The zero-order chi connectivity index (χ0) is 14.8. The molecule has 0 spiro atoms. The summed E-state index contributed by atoms with van der Waals surface area (Å²) in [7, 11) is 0. The maximum absolute atomic E-state index is 13.1. The van der Waals surface area contributed by atoms with Crippen LogP contribution in [0.15, 0.2) is 30.6 Å². The van der Waals surface area contributed by atoms with Crippen LogP contribution in [0.25, 0.3) is 0 Å². The van der Waals surface area contributed by atoms with Crippen LogP contribution in [-0.2, 0) is 0 Å². The normalized spacial score (nSPS) is 13.8. The van der Waals surface area contributed by atoms with E-state index >= 15 is 0 Å². The summed E-state index contributed by atoms with van der Waals surface area (Å²) in [5.41, 5.74) is 0.403. The number of nitrogens with zero attached hydrogens (tertiary/aromatic N) is 2. The highest BCUT2D eigenvalue weighted by Crippen LogP contribution is 2.22. The Balaban J connectivity index is 1.67. The Morgan fingerprint density at radius 1 is 1.14 bits per heavy atom. The third kappa shape index (κ3) is 3.31. The first-order valence-electron chi connectivity index (χ1n) is 6.47. The maximum Gasteiger partial charge on any atom is 0.258 e. The van der Waals surface area contributed by atoms with Gasteiger partial charge in [0.15, 0.2) is 11.6 Å². The Labute approximate surface area is 119 Å². The van der Waals surface area contributed by atoms with Gasteiger partial charge in [0.2, 0.25) is 5.95 Å². The number of aromatic nitrogens is 2. The molecule has 1 aliphatic rings. The van der Waals surface area contributed by atoms with Crippen molar-refractivity contribution in [2.24, 2.45) is 0 Å². The van der Waals surface area contributed by atoms with E-state index < -0.39 is 17.5 Å². The molecule has 1 aromatic carbocycles. The van der Waals surface area contributed by atoms with Crippen molar-refractivity contribution in [1.82, 2.24) is 9.97 Å². The van der Waals surface area contributed by atoms with Gasteiger partial charge in [0.25, 0.3) is 5.91 Å². The number of halogens is 2. The fourth-order valence-electron chi connectivity index (χ4n) is 1.71. The van der Waals surface area contributed by atoms with Gasteiger partial charge in [-0.05, 0) is 25.0 Å². The van der Waals surface area contributed by atoms with Crippen LogP contribution in [0.5, 0.6) is 0 Å². The Bertz CT molecular complexity index is 671. The minimum Gasteiger partial charge on any atom is -0.351 e. The molecule has 0 unspecified atom stereocenters. The number of hydrogen-bond acceptors (Lipinski definition) is 4. The summed E-state index contributed by atoms with van der Waals surface area (Å²) in [5, 5.41) is 5.55. The van der Waals surface area contributed by atoms with E-state index in [0.717, 1.165) is 25.0 Å². The number of amides is 1. The number of benzene rings is 1. The highest BCUT2D eigenvalue weighted by molar-refractivity contribution is 6.03. The van der Waals surface area contributed by atoms with Crippen LogP contribution in [0.4, 0.5) is 20.4 Å². The third-order valence-corrected chi connectivity index (χ3v) is 3.00. The van der Waals surface area contributed by atoms with Crippen molar-refractivity contribution in [3.8, 4) is 0 Å². The second kappa shape index (κ2) is 5.43. The van der Waals surface area contributed by atoms with E-state index in [1.165, 1.54) is 18.5 Å². The SMILES string of the molecule is O=C(Nc1ccc(F)c(F)c1)c1cnc(NC2CC2)nc1. The van der Waals surface area contributed by atoms with Crippen LogP contribution in [0.1, 0.15) is 23.2 Å². The van der Waals surface area contributed by atoms with E-state index in [0.29, 0.717) is 12.0 Å². The molecule has 2 N–H and O–H groups in total. The van der Waals surface area contributed by atoms with E-state index in [1.807, 2.05) is 0 Å². The molecule has 0 atom stereocenters. The molecule has 5 nitrogen and oxygen atoms in total. The van der Waals surface area contributed by atoms with Crippen molar-refractivity contribution in [2.75, 3.05) is 10.6 Å². The molecule has 0 saturated heterocycles. The van der Waals surface area contributed by atoms with Crippen LogP contribution in [-0.4, -0.2) is 21.9 Å². The Morgan fingerprint density at radius 2 is 1.86 bits per heavy atom. The molecule has 21 heavy (non-hydrogen) atoms. The molecule has 1 heterocycles. The van der Waals surface area contributed by atoms with Gasteiger partial charge in [-0.25, -0.2) is 18.7 Å². The fraction of sp³-hybridized carbons (Fsp3) is 0.214. The largest absolute Gasteiger partial charge is 0.351 e. The van der Waals surface area contributed by atoms with Crippen LogP contribution < -0.4 is 10.6 Å². The van der Waals surface area contributed by atoms with Crippen molar-refractivity contribution in [3.63, 3.8) is 0 Å². The Hall–Kier alpha value is -2.57. The maximum atomic E-state index is 13.1. The molecule has 1 fully saturated rings. The zero-order valence-corrected chi connectivity index (χ0v) is 10.9. The number of anilines is 2. The smallest absolute Gasteiger partial charge is 0.258 e. The van der Waals surface area contributed by atoms with Gasteiger partial charge >= 0.3 is 0 Å². The minimum atomic E-state index is -1.02. The van der Waals surface area contributed by atoms with Crippen molar-refractivity contribution in [3.05, 3.63) is 47.8 Å². The molecular formula is C14H12F2N4O. The van der Waals surface area contributed by atoms with Gasteiger partial charge in [-0.3, -0.25) is 4.79 Å². The summed E-state index contributed by atoms with van der Waals surface area (Å²) in [4.78, 5) is 20.0. The molecule has 0 bridgehead atoms. The monoisotopic (exact) mass is 290 g/mol. The summed E-state index contributed by atoms with van der Waals surface area (Å²) in [6, 6.07) is 3.56. The first kappa shape index (κ1) is 13.4. The third-order valence-electron chi connectivity index (χ3n) is 3.00. The average Bonchev–Trinajstić information content (AvgIpc) is 3.28. The highest BCUT2D eigenvalue weighted by Gasteiger charge is 2.21. The summed E-state index contributed by atoms with van der Waals surface area (Å²) in [6.07, 6.45) is 4.96. The lowest BCUT2D eigenvalue weighted by Crippen LogP contribution is -2.14. The predicted octanol–water partition coefficient (Wildman–Crippen LogP) is 2.58. The molecule has 1 saturated carbocycles. The quantitative estimate of drug-likeness (QED) is 0.908. The van der Waals surface area contributed by atoms with Gasteiger partial charge in [0, 0.05) is 30.2 Å². The molecular weight excluding hydrogens is 278 g/mol. The van der Waals surface area contributed by atoms with E-state index in [4.69, 9.17) is 0 Å². The summed E-state index contributed by atoms with van der Waals surface area (Å²) in [5.74, 6) is -2.00. The molecule has 0 aliphatic heterocycles. The Kier molecular flexibility index (Phi) is 3.47. The summed E-state index contributed by atoms with van der Waals surface area (Å²) in [6.45, 7) is 0. The molecule has 7 heteroatoms. The first-order chi connectivity index (χ1) is 10.1. The lowest BCUT2D eigenvalue weighted by Gasteiger charge is -2.06. The highest BCUT2D eigenvalue weighted by atomic mass is 19.2. The van der Waals surface area contributed by atoms with Crippen LogP contribution >= 0.6 is 0 Å². The van der Waals surface area contributed by atoms with Crippen LogP contribution in [0.3, 0.4) is 0 Å². The number of rotatable bonds is 4. The molecule has 108 valence electrons. The Morgan fingerprint density at radius 3 is 2.48 bits per heavy atom. The standard InChI is InChI=1S/C14H12F2N4O/c15-11-4-3-10(5-12(11)16)19-13(21)8-6-17-14(18-7-8)20-9-1-2-9/h3-7,9H,1-2H2,(H,19,21)(H,17,18,20). The van der Waals surface area contributed by atoms with Gasteiger partial charge in [-0.1, -0.05) is 0 Å². The zero-order valence-electron chi connectivity index (χ0n) is 10.9. The van der Waals surface area contributed by atoms with Crippen molar-refractivity contribution >= 4 is 17.5 Å². The second-order valence-corrected chi connectivity index (χ2v) is 4.80.